The van der Waals surface area contributed by atoms with Crippen molar-refractivity contribution in [3.63, 3.8) is 0 Å². The monoisotopic (exact) mass is 302 g/mol. The van der Waals surface area contributed by atoms with Crippen molar-refractivity contribution in [2.45, 2.75) is 6.92 Å². The molecule has 3 rings (SSSR count). The fourth-order valence-corrected chi connectivity index (χ4v) is 2.13. The minimum absolute atomic E-state index is 0.613. The summed E-state index contributed by atoms with van der Waals surface area (Å²) in [4.78, 5) is 4.49. The van der Waals surface area contributed by atoms with Crippen LogP contribution in [0.2, 0.25) is 0 Å². The molecule has 0 aliphatic heterocycles. The first-order chi connectivity index (χ1) is 8.63. The number of nitrogens with two attached hydrogens (primary N) is 1. The second-order valence-electron chi connectivity index (χ2n) is 4.21. The van der Waals surface area contributed by atoms with Crippen molar-refractivity contribution in [2.24, 2.45) is 0 Å². The van der Waals surface area contributed by atoms with E-state index in [4.69, 9.17) is 10.2 Å². The molecule has 0 bridgehead atoms. The molecule has 2 N–H and O–H groups in total. The van der Waals surface area contributed by atoms with Gasteiger partial charge >= 0.3 is 0 Å². The van der Waals surface area contributed by atoms with E-state index < -0.39 is 0 Å². The van der Waals surface area contributed by atoms with Crippen molar-refractivity contribution in [2.75, 3.05) is 5.73 Å². The van der Waals surface area contributed by atoms with Gasteiger partial charge in [0.2, 0.25) is 5.89 Å². The van der Waals surface area contributed by atoms with Gasteiger partial charge in [0.25, 0.3) is 0 Å². The summed E-state index contributed by atoms with van der Waals surface area (Å²) in [5.41, 5.74) is 10.1. The molecular weight excluding hydrogens is 292 g/mol. The topological polar surface area (TPSA) is 52.0 Å². The van der Waals surface area contributed by atoms with Gasteiger partial charge < -0.3 is 10.2 Å². The summed E-state index contributed by atoms with van der Waals surface area (Å²) in [6.07, 6.45) is 0. The Morgan fingerprint density at radius 1 is 1.17 bits per heavy atom. The van der Waals surface area contributed by atoms with Crippen LogP contribution in [0.15, 0.2) is 45.3 Å². The zero-order valence-electron chi connectivity index (χ0n) is 9.77. The predicted octanol–water partition coefficient (Wildman–Crippen LogP) is 4.15. The molecule has 4 heteroatoms. The highest BCUT2D eigenvalue weighted by Crippen LogP contribution is 2.28. The largest absolute Gasteiger partial charge is 0.436 e. The van der Waals surface area contributed by atoms with Gasteiger partial charge in [-0.05, 0) is 48.9 Å². The van der Waals surface area contributed by atoms with Gasteiger partial charge in [-0.15, -0.1) is 0 Å². The number of aromatic nitrogens is 1. The standard InChI is InChI=1S/C14H11BrN2O/c1-8-6-12-13(7-11(8)15)18-14(17-12)9-2-4-10(16)5-3-9/h2-7H,16H2,1H3. The van der Waals surface area contributed by atoms with Crippen molar-refractivity contribution in [1.29, 1.82) is 0 Å². The van der Waals surface area contributed by atoms with Crippen molar-refractivity contribution in [3.05, 3.63) is 46.4 Å². The maximum absolute atomic E-state index is 5.75. The van der Waals surface area contributed by atoms with Gasteiger partial charge in [-0.2, -0.15) is 0 Å². The fraction of sp³-hybridized carbons (Fsp3) is 0.0714. The molecule has 0 aliphatic carbocycles. The SMILES string of the molecule is Cc1cc2nc(-c3ccc(N)cc3)oc2cc1Br. The van der Waals surface area contributed by atoms with Crippen LogP contribution in [0.1, 0.15) is 5.56 Å². The molecule has 0 amide bonds. The van der Waals surface area contributed by atoms with Crippen LogP contribution in [0.4, 0.5) is 5.69 Å². The van der Waals surface area contributed by atoms with E-state index in [2.05, 4.69) is 20.9 Å². The highest BCUT2D eigenvalue weighted by atomic mass is 79.9. The van der Waals surface area contributed by atoms with Gasteiger partial charge in [-0.25, -0.2) is 4.98 Å². The molecule has 0 unspecified atom stereocenters. The number of hydrogen-bond donors (Lipinski definition) is 1. The van der Waals surface area contributed by atoms with Gasteiger partial charge in [0.05, 0.1) is 0 Å². The van der Waals surface area contributed by atoms with E-state index in [1.807, 2.05) is 43.3 Å². The number of anilines is 1. The van der Waals surface area contributed by atoms with Gasteiger partial charge in [-0.3, -0.25) is 0 Å². The van der Waals surface area contributed by atoms with Crippen molar-refractivity contribution in [1.82, 2.24) is 4.98 Å². The summed E-state index contributed by atoms with van der Waals surface area (Å²) < 4.78 is 6.77. The molecule has 0 aliphatic rings. The van der Waals surface area contributed by atoms with E-state index in [0.717, 1.165) is 32.4 Å². The number of oxazole rings is 1. The van der Waals surface area contributed by atoms with E-state index in [1.165, 1.54) is 0 Å². The Balaban J connectivity index is 2.16. The molecule has 0 radical (unpaired) electrons. The van der Waals surface area contributed by atoms with Crippen LogP contribution in [0, 0.1) is 6.92 Å². The molecule has 1 heterocycles. The molecular formula is C14H11BrN2O. The number of aryl methyl sites for hydroxylation is 1. The number of hydrogen-bond acceptors (Lipinski definition) is 3. The highest BCUT2D eigenvalue weighted by Gasteiger charge is 2.09. The Morgan fingerprint density at radius 3 is 2.61 bits per heavy atom. The molecule has 2 aromatic carbocycles. The van der Waals surface area contributed by atoms with Crippen LogP contribution in [-0.4, -0.2) is 4.98 Å². The summed E-state index contributed by atoms with van der Waals surface area (Å²) in [5, 5.41) is 0. The second kappa shape index (κ2) is 4.14. The number of halogens is 1. The van der Waals surface area contributed by atoms with Gasteiger partial charge in [0.1, 0.15) is 5.52 Å². The van der Waals surface area contributed by atoms with E-state index in [0.29, 0.717) is 5.89 Å². The number of nitrogens with zero attached hydrogens (tertiary/aromatic N) is 1. The Kier molecular flexibility index (Phi) is 2.59. The zero-order chi connectivity index (χ0) is 12.7. The lowest BCUT2D eigenvalue weighted by atomic mass is 10.2. The third-order valence-electron chi connectivity index (χ3n) is 2.83. The molecule has 0 saturated heterocycles. The highest BCUT2D eigenvalue weighted by molar-refractivity contribution is 9.10. The predicted molar refractivity (Wildman–Crippen MR) is 76.3 cm³/mol. The number of rotatable bonds is 1. The summed E-state index contributed by atoms with van der Waals surface area (Å²) in [6.45, 7) is 2.03. The average Bonchev–Trinajstić information content (AvgIpc) is 2.73. The van der Waals surface area contributed by atoms with E-state index in [9.17, 15) is 0 Å². The fourth-order valence-electron chi connectivity index (χ4n) is 1.80. The molecule has 18 heavy (non-hydrogen) atoms. The van der Waals surface area contributed by atoms with Gasteiger partial charge in [0, 0.05) is 15.7 Å². The lowest BCUT2D eigenvalue weighted by Gasteiger charge is -1.95. The third-order valence-corrected chi connectivity index (χ3v) is 3.68. The third kappa shape index (κ3) is 1.88. The van der Waals surface area contributed by atoms with Crippen LogP contribution in [0.3, 0.4) is 0 Å². The lowest BCUT2D eigenvalue weighted by molar-refractivity contribution is 0.619. The van der Waals surface area contributed by atoms with Crippen molar-refractivity contribution in [3.8, 4) is 11.5 Å². The molecule has 1 aromatic heterocycles. The quantitative estimate of drug-likeness (QED) is 0.687. The Bertz CT molecular complexity index is 677. The van der Waals surface area contributed by atoms with Crippen LogP contribution in [0.25, 0.3) is 22.6 Å². The molecule has 90 valence electrons. The Hall–Kier alpha value is -1.81. The molecule has 0 fully saturated rings. The van der Waals surface area contributed by atoms with Crippen molar-refractivity contribution >= 4 is 32.7 Å². The maximum atomic E-state index is 5.75. The van der Waals surface area contributed by atoms with E-state index >= 15 is 0 Å². The van der Waals surface area contributed by atoms with Gasteiger partial charge in [0.15, 0.2) is 5.58 Å². The summed E-state index contributed by atoms with van der Waals surface area (Å²) >= 11 is 3.49. The first kappa shape index (κ1) is 11.3. The smallest absolute Gasteiger partial charge is 0.227 e. The van der Waals surface area contributed by atoms with Crippen LogP contribution >= 0.6 is 15.9 Å². The summed E-state index contributed by atoms with van der Waals surface area (Å²) in [7, 11) is 0. The molecule has 0 saturated carbocycles. The van der Waals surface area contributed by atoms with E-state index in [-0.39, 0.29) is 0 Å². The normalized spacial score (nSPS) is 11.0. The lowest BCUT2D eigenvalue weighted by Crippen LogP contribution is -1.83. The first-order valence-corrected chi connectivity index (χ1v) is 6.35. The van der Waals surface area contributed by atoms with Crippen LogP contribution in [0.5, 0.6) is 0 Å². The average molecular weight is 303 g/mol. The zero-order valence-corrected chi connectivity index (χ0v) is 11.4. The Morgan fingerprint density at radius 2 is 1.89 bits per heavy atom. The first-order valence-electron chi connectivity index (χ1n) is 5.56. The number of fused-ring (bicyclic) bond motifs is 1. The maximum Gasteiger partial charge on any atom is 0.227 e. The second-order valence-corrected chi connectivity index (χ2v) is 5.06. The summed E-state index contributed by atoms with van der Waals surface area (Å²) in [5.74, 6) is 0.613. The minimum atomic E-state index is 0.613. The summed E-state index contributed by atoms with van der Waals surface area (Å²) in [6, 6.07) is 11.4. The minimum Gasteiger partial charge on any atom is -0.436 e. The Labute approximate surface area is 113 Å². The molecule has 3 nitrogen and oxygen atoms in total. The number of nitrogen functional groups attached to an aromatic ring is 1. The van der Waals surface area contributed by atoms with Crippen LogP contribution in [-0.2, 0) is 0 Å². The molecule has 0 atom stereocenters. The molecule has 3 aromatic rings. The van der Waals surface area contributed by atoms with E-state index in [1.54, 1.807) is 0 Å². The molecule has 0 spiro atoms. The van der Waals surface area contributed by atoms with Crippen LogP contribution < -0.4 is 5.73 Å². The number of benzene rings is 2. The van der Waals surface area contributed by atoms with Crippen molar-refractivity contribution < 1.29 is 4.42 Å². The van der Waals surface area contributed by atoms with Gasteiger partial charge in [-0.1, -0.05) is 15.9 Å².